The van der Waals surface area contributed by atoms with E-state index in [9.17, 15) is 4.79 Å². The fourth-order valence-corrected chi connectivity index (χ4v) is 2.42. The van der Waals surface area contributed by atoms with Crippen LogP contribution < -0.4 is 10.1 Å². The molecule has 1 N–H and O–H groups in total. The van der Waals surface area contributed by atoms with Gasteiger partial charge in [-0.25, -0.2) is 0 Å². The molecule has 0 bridgehead atoms. The maximum atomic E-state index is 12.4. The minimum atomic E-state index is -0.448. The molecular weight excluding hydrogens is 286 g/mol. The normalized spacial score (nSPS) is 13.1. The molecule has 2 rings (SSSR count). The highest BCUT2D eigenvalue weighted by Gasteiger charge is 2.19. The van der Waals surface area contributed by atoms with Gasteiger partial charge in [-0.05, 0) is 43.9 Å². The summed E-state index contributed by atoms with van der Waals surface area (Å²) in [5, 5.41) is 3.06. The minimum Gasteiger partial charge on any atom is -0.481 e. The molecule has 2 atom stereocenters. The van der Waals surface area contributed by atoms with Gasteiger partial charge in [0.15, 0.2) is 6.10 Å². The second-order valence-electron chi connectivity index (χ2n) is 5.76. The van der Waals surface area contributed by atoms with Gasteiger partial charge in [-0.15, -0.1) is 0 Å². The second-order valence-corrected chi connectivity index (χ2v) is 5.76. The molecular formula is C20H25NO2. The molecule has 0 fully saturated rings. The first-order valence-electron chi connectivity index (χ1n) is 8.25. The summed E-state index contributed by atoms with van der Waals surface area (Å²) in [6, 6.07) is 19.9. The van der Waals surface area contributed by atoms with Crippen LogP contribution in [0.1, 0.15) is 32.3 Å². The first-order valence-corrected chi connectivity index (χ1v) is 8.25. The van der Waals surface area contributed by atoms with Gasteiger partial charge in [-0.3, -0.25) is 4.79 Å². The first kappa shape index (κ1) is 17.1. The molecule has 2 aromatic rings. The van der Waals surface area contributed by atoms with Crippen LogP contribution in [0.15, 0.2) is 60.7 Å². The number of para-hydroxylation sites is 1. The largest absolute Gasteiger partial charge is 0.481 e. The molecule has 23 heavy (non-hydrogen) atoms. The minimum absolute atomic E-state index is 0.0445. The van der Waals surface area contributed by atoms with Crippen molar-refractivity contribution >= 4 is 5.91 Å². The topological polar surface area (TPSA) is 38.3 Å². The van der Waals surface area contributed by atoms with E-state index in [1.165, 1.54) is 5.56 Å². The van der Waals surface area contributed by atoms with Crippen molar-refractivity contribution in [1.82, 2.24) is 5.32 Å². The van der Waals surface area contributed by atoms with E-state index in [2.05, 4.69) is 17.4 Å². The van der Waals surface area contributed by atoms with Crippen molar-refractivity contribution in [3.05, 3.63) is 66.2 Å². The second kappa shape index (κ2) is 8.99. The third-order valence-electron chi connectivity index (χ3n) is 3.78. The standard InChI is InChI=1S/C20H25NO2/c1-3-19(23-18-12-8-5-9-13-18)20(22)21-16(2)14-15-17-10-6-4-7-11-17/h4-13,16,19H,3,14-15H2,1-2H3,(H,21,22)/t16-,19-/m0/s1. The lowest BCUT2D eigenvalue weighted by Gasteiger charge is -2.20. The number of aryl methyl sites for hydroxylation is 1. The fourth-order valence-electron chi connectivity index (χ4n) is 2.42. The summed E-state index contributed by atoms with van der Waals surface area (Å²) in [4.78, 5) is 12.4. The smallest absolute Gasteiger partial charge is 0.261 e. The van der Waals surface area contributed by atoms with Gasteiger partial charge in [0, 0.05) is 6.04 Å². The molecule has 0 aliphatic rings. The summed E-state index contributed by atoms with van der Waals surface area (Å²) in [7, 11) is 0. The van der Waals surface area contributed by atoms with Crippen molar-refractivity contribution in [2.45, 2.75) is 45.3 Å². The van der Waals surface area contributed by atoms with E-state index >= 15 is 0 Å². The Bertz CT molecular complexity index is 583. The van der Waals surface area contributed by atoms with Crippen LogP contribution in [-0.2, 0) is 11.2 Å². The predicted molar refractivity (Wildman–Crippen MR) is 93.5 cm³/mol. The lowest BCUT2D eigenvalue weighted by atomic mass is 10.1. The van der Waals surface area contributed by atoms with Gasteiger partial charge in [0.05, 0.1) is 0 Å². The average molecular weight is 311 g/mol. The first-order chi connectivity index (χ1) is 11.2. The van der Waals surface area contributed by atoms with Crippen molar-refractivity contribution < 1.29 is 9.53 Å². The number of ether oxygens (including phenoxy) is 1. The predicted octanol–water partition coefficient (Wildman–Crippen LogP) is 3.98. The molecule has 3 heteroatoms. The lowest BCUT2D eigenvalue weighted by Crippen LogP contribution is -2.42. The SMILES string of the molecule is CC[C@H](Oc1ccccc1)C(=O)N[C@@H](C)CCc1ccccc1. The van der Waals surface area contributed by atoms with Crippen molar-refractivity contribution in [2.24, 2.45) is 0 Å². The van der Waals surface area contributed by atoms with Crippen LogP contribution in [0.25, 0.3) is 0 Å². The zero-order valence-corrected chi connectivity index (χ0v) is 13.9. The fraction of sp³-hybridized carbons (Fsp3) is 0.350. The Morgan fingerprint density at radius 2 is 1.65 bits per heavy atom. The number of hydrogen-bond donors (Lipinski definition) is 1. The summed E-state index contributed by atoms with van der Waals surface area (Å²) in [6.07, 6.45) is 2.07. The van der Waals surface area contributed by atoms with Crippen molar-refractivity contribution in [3.63, 3.8) is 0 Å². The van der Waals surface area contributed by atoms with Crippen molar-refractivity contribution in [1.29, 1.82) is 0 Å². The molecule has 0 unspecified atom stereocenters. The quantitative estimate of drug-likeness (QED) is 0.801. The molecule has 1 amide bonds. The van der Waals surface area contributed by atoms with Gasteiger partial charge in [0.2, 0.25) is 0 Å². The van der Waals surface area contributed by atoms with E-state index in [0.717, 1.165) is 18.6 Å². The van der Waals surface area contributed by atoms with Gasteiger partial charge in [0.25, 0.3) is 5.91 Å². The zero-order valence-electron chi connectivity index (χ0n) is 13.9. The lowest BCUT2D eigenvalue weighted by molar-refractivity contribution is -0.128. The van der Waals surface area contributed by atoms with Gasteiger partial charge < -0.3 is 10.1 Å². The molecule has 0 saturated carbocycles. The molecule has 0 saturated heterocycles. The molecule has 0 radical (unpaired) electrons. The van der Waals surface area contributed by atoms with Gasteiger partial charge in [-0.1, -0.05) is 55.5 Å². The van der Waals surface area contributed by atoms with E-state index in [1.54, 1.807) is 0 Å². The number of carbonyl (C=O) groups excluding carboxylic acids is 1. The van der Waals surface area contributed by atoms with Crippen LogP contribution in [0.5, 0.6) is 5.75 Å². The maximum Gasteiger partial charge on any atom is 0.261 e. The Morgan fingerprint density at radius 1 is 1.04 bits per heavy atom. The molecule has 3 nitrogen and oxygen atoms in total. The summed E-state index contributed by atoms with van der Waals surface area (Å²) in [5.74, 6) is 0.684. The zero-order chi connectivity index (χ0) is 16.5. The Labute approximate surface area is 138 Å². The number of benzene rings is 2. The van der Waals surface area contributed by atoms with E-state index < -0.39 is 6.10 Å². The van der Waals surface area contributed by atoms with E-state index in [1.807, 2.05) is 62.4 Å². The van der Waals surface area contributed by atoms with E-state index in [4.69, 9.17) is 4.74 Å². The van der Waals surface area contributed by atoms with Crippen molar-refractivity contribution in [3.8, 4) is 5.75 Å². The Kier molecular flexibility index (Phi) is 6.67. The Hall–Kier alpha value is -2.29. The van der Waals surface area contributed by atoms with Crippen LogP contribution >= 0.6 is 0 Å². The van der Waals surface area contributed by atoms with Crippen LogP contribution in [0.3, 0.4) is 0 Å². The molecule has 2 aromatic carbocycles. The van der Waals surface area contributed by atoms with E-state index in [0.29, 0.717) is 6.42 Å². The monoisotopic (exact) mass is 311 g/mol. The van der Waals surface area contributed by atoms with Crippen LogP contribution in [0.4, 0.5) is 0 Å². The summed E-state index contributed by atoms with van der Waals surface area (Å²) in [5.41, 5.74) is 1.29. The number of carbonyl (C=O) groups is 1. The number of hydrogen-bond acceptors (Lipinski definition) is 2. The van der Waals surface area contributed by atoms with Gasteiger partial charge in [-0.2, -0.15) is 0 Å². The average Bonchev–Trinajstić information content (AvgIpc) is 2.59. The molecule has 122 valence electrons. The third kappa shape index (κ3) is 5.78. The van der Waals surface area contributed by atoms with Crippen LogP contribution in [-0.4, -0.2) is 18.1 Å². The molecule has 0 aliphatic carbocycles. The van der Waals surface area contributed by atoms with Crippen LogP contribution in [0.2, 0.25) is 0 Å². The van der Waals surface area contributed by atoms with Crippen LogP contribution in [0, 0.1) is 0 Å². The highest BCUT2D eigenvalue weighted by Crippen LogP contribution is 2.13. The number of amides is 1. The Morgan fingerprint density at radius 3 is 2.26 bits per heavy atom. The number of nitrogens with one attached hydrogen (secondary N) is 1. The summed E-state index contributed by atoms with van der Waals surface area (Å²) < 4.78 is 5.78. The number of rotatable bonds is 8. The van der Waals surface area contributed by atoms with Gasteiger partial charge >= 0.3 is 0 Å². The molecule has 0 aromatic heterocycles. The van der Waals surface area contributed by atoms with Gasteiger partial charge in [0.1, 0.15) is 5.75 Å². The summed E-state index contributed by atoms with van der Waals surface area (Å²) >= 11 is 0. The third-order valence-corrected chi connectivity index (χ3v) is 3.78. The highest BCUT2D eigenvalue weighted by atomic mass is 16.5. The highest BCUT2D eigenvalue weighted by molar-refractivity contribution is 5.81. The summed E-state index contributed by atoms with van der Waals surface area (Å²) in [6.45, 7) is 4.00. The molecule has 0 aliphatic heterocycles. The van der Waals surface area contributed by atoms with Crippen molar-refractivity contribution in [2.75, 3.05) is 0 Å². The molecule has 0 heterocycles. The Balaban J connectivity index is 1.81. The molecule has 0 spiro atoms. The van der Waals surface area contributed by atoms with E-state index in [-0.39, 0.29) is 11.9 Å². The maximum absolute atomic E-state index is 12.4.